The molecule has 1 N–H and O–H groups in total. The number of nitrogens with zero attached hydrogens (tertiary/aromatic N) is 2. The maximum atomic E-state index is 12.1. The van der Waals surface area contributed by atoms with Crippen LogP contribution in [0.1, 0.15) is 34.5 Å². The van der Waals surface area contributed by atoms with Crippen molar-refractivity contribution in [1.29, 1.82) is 5.26 Å². The van der Waals surface area contributed by atoms with E-state index in [0.29, 0.717) is 29.1 Å². The van der Waals surface area contributed by atoms with Gasteiger partial charge in [0.25, 0.3) is 5.56 Å². The van der Waals surface area contributed by atoms with Gasteiger partial charge in [-0.05, 0) is 43.5 Å². The number of ether oxygens (including phenoxy) is 1. The van der Waals surface area contributed by atoms with E-state index in [1.165, 1.54) is 11.3 Å². The summed E-state index contributed by atoms with van der Waals surface area (Å²) in [5.74, 6) is 0.306. The predicted octanol–water partition coefficient (Wildman–Crippen LogP) is 3.26. The van der Waals surface area contributed by atoms with Crippen LogP contribution in [0.25, 0.3) is 10.8 Å². The van der Waals surface area contributed by atoms with E-state index in [2.05, 4.69) is 9.97 Å². The molecule has 0 aliphatic carbocycles. The number of aryl methyl sites for hydroxylation is 1. The highest BCUT2D eigenvalue weighted by atomic mass is 32.1. The Morgan fingerprint density at radius 3 is 2.96 bits per heavy atom. The first-order valence-electron chi connectivity index (χ1n) is 8.26. The summed E-state index contributed by atoms with van der Waals surface area (Å²) in [5.41, 5.74) is 2.38. The lowest BCUT2D eigenvalue weighted by Crippen LogP contribution is -2.17. The van der Waals surface area contributed by atoms with Gasteiger partial charge in [0, 0.05) is 17.5 Å². The van der Waals surface area contributed by atoms with E-state index in [9.17, 15) is 9.59 Å². The number of thiazole rings is 1. The molecule has 8 heteroatoms. The third-order valence-corrected chi connectivity index (χ3v) is 5.07. The fourth-order valence-corrected chi connectivity index (χ4v) is 3.53. The standard InChI is InChI=1S/C19H17N3O4S/c1-11-14(12(2)21-18(24)15(11)8-20)5-6-17(23)26-9-13-10-27-19(22-13)16-4-3-7-25-16/h3-4,7,10H,5-6,9H2,1-2H3,(H,21,24). The van der Waals surface area contributed by atoms with Crippen LogP contribution in [0.4, 0.5) is 0 Å². The second-order valence-corrected chi connectivity index (χ2v) is 6.81. The molecule has 0 saturated heterocycles. The van der Waals surface area contributed by atoms with Crippen molar-refractivity contribution in [3.05, 3.63) is 62.2 Å². The molecule has 0 unspecified atom stereocenters. The summed E-state index contributed by atoms with van der Waals surface area (Å²) in [7, 11) is 0. The van der Waals surface area contributed by atoms with Crippen LogP contribution in [0.15, 0.2) is 33.0 Å². The van der Waals surface area contributed by atoms with Crippen molar-refractivity contribution in [3.8, 4) is 16.8 Å². The minimum absolute atomic E-state index is 0.0805. The van der Waals surface area contributed by atoms with Crippen molar-refractivity contribution in [2.45, 2.75) is 33.3 Å². The Bertz CT molecular complexity index is 1060. The van der Waals surface area contributed by atoms with E-state index in [1.807, 2.05) is 17.5 Å². The zero-order valence-corrected chi connectivity index (χ0v) is 15.7. The largest absolute Gasteiger partial charge is 0.462 e. The van der Waals surface area contributed by atoms with Crippen LogP contribution in [0.2, 0.25) is 0 Å². The minimum Gasteiger partial charge on any atom is -0.462 e. The van der Waals surface area contributed by atoms with Gasteiger partial charge >= 0.3 is 5.97 Å². The molecule has 0 spiro atoms. The Kier molecular flexibility index (Phi) is 5.52. The average Bonchev–Trinajstić information content (AvgIpc) is 3.31. The molecule has 3 aromatic heterocycles. The zero-order valence-electron chi connectivity index (χ0n) is 14.9. The molecule has 0 fully saturated rings. The summed E-state index contributed by atoms with van der Waals surface area (Å²) in [5, 5.41) is 11.6. The number of esters is 1. The van der Waals surface area contributed by atoms with Crippen molar-refractivity contribution in [1.82, 2.24) is 9.97 Å². The molecule has 0 amide bonds. The van der Waals surface area contributed by atoms with Gasteiger partial charge in [-0.3, -0.25) is 9.59 Å². The Morgan fingerprint density at radius 2 is 2.26 bits per heavy atom. The molecule has 27 heavy (non-hydrogen) atoms. The lowest BCUT2D eigenvalue weighted by atomic mass is 9.99. The average molecular weight is 383 g/mol. The number of rotatable bonds is 6. The number of carbonyl (C=O) groups excluding carboxylic acids is 1. The normalized spacial score (nSPS) is 10.6. The van der Waals surface area contributed by atoms with Gasteiger partial charge in [-0.1, -0.05) is 0 Å². The first-order chi connectivity index (χ1) is 13.0. The Morgan fingerprint density at radius 1 is 1.44 bits per heavy atom. The van der Waals surface area contributed by atoms with Gasteiger partial charge < -0.3 is 14.1 Å². The first-order valence-corrected chi connectivity index (χ1v) is 9.14. The SMILES string of the molecule is Cc1[nH]c(=O)c(C#N)c(C)c1CCC(=O)OCc1csc(-c2ccco2)n1. The molecule has 0 saturated carbocycles. The molecular formula is C19H17N3O4S. The second-order valence-electron chi connectivity index (χ2n) is 5.95. The molecule has 3 aromatic rings. The smallest absolute Gasteiger partial charge is 0.306 e. The fourth-order valence-electron chi connectivity index (χ4n) is 2.76. The number of nitriles is 1. The van der Waals surface area contributed by atoms with Crippen molar-refractivity contribution < 1.29 is 13.9 Å². The topological polar surface area (TPSA) is 109 Å². The first kappa shape index (κ1) is 18.6. The maximum absolute atomic E-state index is 12.1. The Balaban J connectivity index is 1.58. The van der Waals surface area contributed by atoms with Crippen molar-refractivity contribution in [2.75, 3.05) is 0 Å². The van der Waals surface area contributed by atoms with Crippen LogP contribution in [0.5, 0.6) is 0 Å². The van der Waals surface area contributed by atoms with Gasteiger partial charge in [0.2, 0.25) is 0 Å². The van der Waals surface area contributed by atoms with Crippen LogP contribution in [-0.2, 0) is 22.6 Å². The number of carbonyl (C=O) groups is 1. The number of furan rings is 1. The maximum Gasteiger partial charge on any atom is 0.306 e. The van der Waals surface area contributed by atoms with E-state index in [0.717, 1.165) is 10.6 Å². The predicted molar refractivity (Wildman–Crippen MR) is 99.2 cm³/mol. The van der Waals surface area contributed by atoms with Gasteiger partial charge in [0.05, 0.1) is 12.0 Å². The van der Waals surface area contributed by atoms with Crippen LogP contribution < -0.4 is 5.56 Å². The molecule has 138 valence electrons. The summed E-state index contributed by atoms with van der Waals surface area (Å²) in [6.07, 6.45) is 2.11. The lowest BCUT2D eigenvalue weighted by Gasteiger charge is -2.10. The van der Waals surface area contributed by atoms with E-state index in [4.69, 9.17) is 14.4 Å². The number of aromatic amines is 1. The van der Waals surface area contributed by atoms with Crippen molar-refractivity contribution >= 4 is 17.3 Å². The molecule has 0 radical (unpaired) electrons. The molecule has 3 rings (SSSR count). The van der Waals surface area contributed by atoms with E-state index in [1.54, 1.807) is 26.2 Å². The molecule has 7 nitrogen and oxygen atoms in total. The molecule has 0 bridgehead atoms. The third-order valence-electron chi connectivity index (χ3n) is 4.16. The van der Waals surface area contributed by atoms with Crippen LogP contribution in [-0.4, -0.2) is 15.9 Å². The summed E-state index contributed by atoms with van der Waals surface area (Å²) in [6, 6.07) is 5.51. The van der Waals surface area contributed by atoms with Crippen LogP contribution >= 0.6 is 11.3 Å². The molecule has 0 aromatic carbocycles. The Labute approximate surface area is 159 Å². The summed E-state index contributed by atoms with van der Waals surface area (Å²) < 4.78 is 10.6. The number of aromatic nitrogens is 2. The summed E-state index contributed by atoms with van der Waals surface area (Å²) in [4.78, 5) is 30.8. The number of hydrogen-bond donors (Lipinski definition) is 1. The highest BCUT2D eigenvalue weighted by Crippen LogP contribution is 2.24. The molecule has 0 atom stereocenters. The molecule has 0 aliphatic heterocycles. The Hall–Kier alpha value is -3.18. The number of H-pyrrole nitrogens is 1. The quantitative estimate of drug-likeness (QED) is 0.655. The van der Waals surface area contributed by atoms with Crippen molar-refractivity contribution in [3.63, 3.8) is 0 Å². The summed E-state index contributed by atoms with van der Waals surface area (Å²) >= 11 is 1.42. The van der Waals surface area contributed by atoms with Gasteiger partial charge in [-0.15, -0.1) is 11.3 Å². The summed E-state index contributed by atoms with van der Waals surface area (Å²) in [6.45, 7) is 3.55. The van der Waals surface area contributed by atoms with E-state index in [-0.39, 0.29) is 24.6 Å². The van der Waals surface area contributed by atoms with Crippen molar-refractivity contribution in [2.24, 2.45) is 0 Å². The molecular weight excluding hydrogens is 366 g/mol. The number of pyridine rings is 1. The molecule has 3 heterocycles. The monoisotopic (exact) mass is 383 g/mol. The van der Waals surface area contributed by atoms with Gasteiger partial charge in [0.15, 0.2) is 10.8 Å². The highest BCUT2D eigenvalue weighted by molar-refractivity contribution is 7.13. The number of hydrogen-bond acceptors (Lipinski definition) is 7. The van der Waals surface area contributed by atoms with Gasteiger partial charge in [-0.2, -0.15) is 5.26 Å². The third kappa shape index (κ3) is 4.15. The van der Waals surface area contributed by atoms with Gasteiger partial charge in [-0.25, -0.2) is 4.98 Å². The van der Waals surface area contributed by atoms with Crippen LogP contribution in [0, 0.1) is 25.2 Å². The highest BCUT2D eigenvalue weighted by Gasteiger charge is 2.14. The fraction of sp³-hybridized carbons (Fsp3) is 0.263. The second kappa shape index (κ2) is 8.01. The number of nitrogens with one attached hydrogen (secondary N) is 1. The minimum atomic E-state index is -0.408. The van der Waals surface area contributed by atoms with E-state index < -0.39 is 5.56 Å². The zero-order chi connectivity index (χ0) is 19.4. The lowest BCUT2D eigenvalue weighted by molar-refractivity contribution is -0.145. The molecule has 0 aliphatic rings. The van der Waals surface area contributed by atoms with Gasteiger partial charge in [0.1, 0.15) is 18.2 Å². The van der Waals surface area contributed by atoms with Crippen LogP contribution in [0.3, 0.4) is 0 Å². The van der Waals surface area contributed by atoms with E-state index >= 15 is 0 Å².